The van der Waals surface area contributed by atoms with Crippen LogP contribution in [-0.4, -0.2) is 58.1 Å². The van der Waals surface area contributed by atoms with Crippen molar-refractivity contribution < 1.29 is 23.7 Å². The number of rotatable bonds is 4. The van der Waals surface area contributed by atoms with Gasteiger partial charge in [-0.1, -0.05) is 0 Å². The number of benzene rings is 2. The monoisotopic (exact) mass is 385 g/mol. The lowest BCUT2D eigenvalue weighted by atomic mass is 10.2. The lowest BCUT2D eigenvalue weighted by Crippen LogP contribution is -2.50. The molecule has 2 aromatic rings. The molecule has 0 spiro atoms. The summed E-state index contributed by atoms with van der Waals surface area (Å²) >= 11 is 0. The first-order valence-corrected chi connectivity index (χ1v) is 9.10. The Morgan fingerprint density at radius 2 is 1.75 bits per heavy atom. The van der Waals surface area contributed by atoms with Crippen molar-refractivity contribution in [1.82, 2.24) is 4.90 Å². The minimum absolute atomic E-state index is 0.129. The molecule has 1 fully saturated rings. The van der Waals surface area contributed by atoms with E-state index in [9.17, 15) is 4.79 Å². The maximum absolute atomic E-state index is 12.6. The molecule has 8 nitrogen and oxygen atoms in total. The lowest BCUT2D eigenvalue weighted by Gasteiger charge is -2.36. The summed E-state index contributed by atoms with van der Waals surface area (Å²) in [6.45, 7) is 2.84. The van der Waals surface area contributed by atoms with Crippen LogP contribution in [0.3, 0.4) is 0 Å². The van der Waals surface area contributed by atoms with Crippen LogP contribution in [0.2, 0.25) is 0 Å². The van der Waals surface area contributed by atoms with Crippen molar-refractivity contribution >= 4 is 17.4 Å². The minimum Gasteiger partial charge on any atom is -0.497 e. The van der Waals surface area contributed by atoms with E-state index in [1.807, 2.05) is 24.3 Å². The van der Waals surface area contributed by atoms with Crippen molar-refractivity contribution in [2.45, 2.75) is 0 Å². The number of ether oxygens (including phenoxy) is 4. The third-order valence-electron chi connectivity index (χ3n) is 4.92. The Balaban J connectivity index is 1.38. The zero-order valence-electron chi connectivity index (χ0n) is 15.9. The smallest absolute Gasteiger partial charge is 0.321 e. The fourth-order valence-electron chi connectivity index (χ4n) is 3.37. The van der Waals surface area contributed by atoms with E-state index in [0.717, 1.165) is 17.2 Å². The van der Waals surface area contributed by atoms with Gasteiger partial charge in [-0.3, -0.25) is 0 Å². The highest BCUT2D eigenvalue weighted by Crippen LogP contribution is 2.35. The van der Waals surface area contributed by atoms with Gasteiger partial charge in [0.15, 0.2) is 11.5 Å². The van der Waals surface area contributed by atoms with Crippen LogP contribution >= 0.6 is 0 Å². The first-order chi connectivity index (χ1) is 13.7. The summed E-state index contributed by atoms with van der Waals surface area (Å²) < 4.78 is 21.5. The van der Waals surface area contributed by atoms with Crippen molar-refractivity contribution in [3.05, 3.63) is 36.4 Å². The van der Waals surface area contributed by atoms with E-state index >= 15 is 0 Å². The van der Waals surface area contributed by atoms with Gasteiger partial charge in [0.2, 0.25) is 6.79 Å². The summed E-state index contributed by atoms with van der Waals surface area (Å²) in [5.74, 6) is 2.91. The number of fused-ring (bicyclic) bond motifs is 1. The molecule has 28 heavy (non-hydrogen) atoms. The van der Waals surface area contributed by atoms with Crippen molar-refractivity contribution in [1.29, 1.82) is 0 Å². The fraction of sp³-hybridized carbons (Fsp3) is 0.350. The van der Waals surface area contributed by atoms with Gasteiger partial charge in [0, 0.05) is 44.0 Å². The molecule has 0 saturated carbocycles. The van der Waals surface area contributed by atoms with Gasteiger partial charge in [0.05, 0.1) is 19.9 Å². The average Bonchev–Trinajstić information content (AvgIpc) is 3.21. The quantitative estimate of drug-likeness (QED) is 0.873. The largest absolute Gasteiger partial charge is 0.497 e. The molecule has 1 saturated heterocycles. The van der Waals surface area contributed by atoms with Crippen molar-refractivity contribution in [2.24, 2.45) is 0 Å². The van der Waals surface area contributed by atoms with E-state index < -0.39 is 0 Å². The first kappa shape index (κ1) is 18.1. The van der Waals surface area contributed by atoms with Gasteiger partial charge in [-0.2, -0.15) is 0 Å². The molecule has 0 aliphatic carbocycles. The summed E-state index contributed by atoms with van der Waals surface area (Å²) in [4.78, 5) is 16.6. The fourth-order valence-corrected chi connectivity index (χ4v) is 3.37. The topological polar surface area (TPSA) is 72.5 Å². The molecule has 2 heterocycles. The van der Waals surface area contributed by atoms with Gasteiger partial charge < -0.3 is 34.1 Å². The Kier molecular flexibility index (Phi) is 5.01. The van der Waals surface area contributed by atoms with Crippen LogP contribution in [0, 0.1) is 0 Å². The van der Waals surface area contributed by atoms with E-state index in [1.165, 1.54) is 0 Å². The third-order valence-corrected chi connectivity index (χ3v) is 4.92. The van der Waals surface area contributed by atoms with Crippen molar-refractivity contribution in [3.8, 4) is 23.0 Å². The van der Waals surface area contributed by atoms with Gasteiger partial charge in [0.25, 0.3) is 0 Å². The molecule has 8 heteroatoms. The summed E-state index contributed by atoms with van der Waals surface area (Å²) in [5, 5.41) is 2.92. The number of nitrogens with zero attached hydrogens (tertiary/aromatic N) is 2. The Morgan fingerprint density at radius 3 is 2.50 bits per heavy atom. The maximum atomic E-state index is 12.6. The number of piperazine rings is 1. The van der Waals surface area contributed by atoms with Gasteiger partial charge in [-0.25, -0.2) is 4.79 Å². The number of hydrogen-bond acceptors (Lipinski definition) is 6. The zero-order chi connectivity index (χ0) is 19.5. The third kappa shape index (κ3) is 3.58. The molecule has 0 bridgehead atoms. The molecule has 1 N–H and O–H groups in total. The van der Waals surface area contributed by atoms with E-state index in [-0.39, 0.29) is 12.8 Å². The molecule has 4 rings (SSSR count). The van der Waals surface area contributed by atoms with E-state index in [2.05, 4.69) is 10.2 Å². The van der Waals surface area contributed by atoms with Crippen LogP contribution < -0.4 is 29.2 Å². The zero-order valence-corrected chi connectivity index (χ0v) is 15.9. The summed E-state index contributed by atoms with van der Waals surface area (Å²) in [5.41, 5.74) is 1.66. The minimum atomic E-state index is -0.129. The number of anilines is 2. The van der Waals surface area contributed by atoms with Gasteiger partial charge >= 0.3 is 6.03 Å². The van der Waals surface area contributed by atoms with Gasteiger partial charge in [0.1, 0.15) is 11.5 Å². The Hall–Kier alpha value is -3.29. The molecular formula is C20H23N3O5. The number of nitrogens with one attached hydrogen (secondary N) is 1. The molecular weight excluding hydrogens is 362 g/mol. The molecule has 0 unspecified atom stereocenters. The van der Waals surface area contributed by atoms with Crippen LogP contribution in [0.4, 0.5) is 16.2 Å². The highest BCUT2D eigenvalue weighted by atomic mass is 16.7. The Morgan fingerprint density at radius 1 is 0.964 bits per heavy atom. The average molecular weight is 385 g/mol. The lowest BCUT2D eigenvalue weighted by molar-refractivity contribution is 0.174. The Bertz CT molecular complexity index is 865. The van der Waals surface area contributed by atoms with Crippen LogP contribution in [0.1, 0.15) is 0 Å². The van der Waals surface area contributed by atoms with Crippen molar-refractivity contribution in [2.75, 3.05) is 57.4 Å². The molecule has 2 aliphatic heterocycles. The second kappa shape index (κ2) is 7.75. The van der Waals surface area contributed by atoms with E-state index in [1.54, 1.807) is 31.3 Å². The second-order valence-corrected chi connectivity index (χ2v) is 6.51. The number of methoxy groups -OCH3 is 2. The van der Waals surface area contributed by atoms with Crippen LogP contribution in [0.15, 0.2) is 36.4 Å². The Labute approximate surface area is 163 Å². The van der Waals surface area contributed by atoms with Gasteiger partial charge in [-0.15, -0.1) is 0 Å². The summed E-state index contributed by atoms with van der Waals surface area (Å²) in [7, 11) is 3.30. The number of hydrogen-bond donors (Lipinski definition) is 1. The highest BCUT2D eigenvalue weighted by molar-refractivity contribution is 5.90. The van der Waals surface area contributed by atoms with E-state index in [0.29, 0.717) is 43.4 Å². The summed E-state index contributed by atoms with van der Waals surface area (Å²) in [6, 6.07) is 11.0. The first-order valence-electron chi connectivity index (χ1n) is 9.10. The SMILES string of the molecule is COc1ccc(OC)c(N2CCN(C(=O)Nc3ccc4c(c3)OCO4)CC2)c1. The van der Waals surface area contributed by atoms with Gasteiger partial charge in [-0.05, 0) is 24.3 Å². The molecule has 0 radical (unpaired) electrons. The number of carbonyl (C=O) groups is 1. The summed E-state index contributed by atoms with van der Waals surface area (Å²) in [6.07, 6.45) is 0. The van der Waals surface area contributed by atoms with Crippen LogP contribution in [0.25, 0.3) is 0 Å². The molecule has 148 valence electrons. The normalized spacial score (nSPS) is 15.4. The van der Waals surface area contributed by atoms with E-state index in [4.69, 9.17) is 18.9 Å². The standard InChI is InChI=1S/C20H23N3O5/c1-25-15-4-6-17(26-2)16(12-15)22-7-9-23(10-8-22)20(24)21-14-3-5-18-19(11-14)28-13-27-18/h3-6,11-12H,7-10,13H2,1-2H3,(H,21,24). The molecule has 0 atom stereocenters. The molecule has 0 aromatic heterocycles. The number of urea groups is 1. The predicted molar refractivity (Wildman–Crippen MR) is 105 cm³/mol. The second-order valence-electron chi connectivity index (χ2n) is 6.51. The van der Waals surface area contributed by atoms with Crippen LogP contribution in [-0.2, 0) is 0 Å². The molecule has 2 aromatic carbocycles. The van der Waals surface area contributed by atoms with Crippen LogP contribution in [0.5, 0.6) is 23.0 Å². The molecule has 2 amide bonds. The highest BCUT2D eigenvalue weighted by Gasteiger charge is 2.24. The predicted octanol–water partition coefficient (Wildman–Crippen LogP) is 2.79. The maximum Gasteiger partial charge on any atom is 0.321 e. The number of amides is 2. The molecule has 2 aliphatic rings. The van der Waals surface area contributed by atoms with Crippen molar-refractivity contribution in [3.63, 3.8) is 0 Å². The number of carbonyl (C=O) groups excluding carboxylic acids is 1.